The fourth-order valence-electron chi connectivity index (χ4n) is 3.83. The van der Waals surface area contributed by atoms with Crippen molar-refractivity contribution >= 4 is 0 Å². The van der Waals surface area contributed by atoms with Gasteiger partial charge in [0.25, 0.3) is 0 Å². The lowest BCUT2D eigenvalue weighted by atomic mass is 9.91. The summed E-state index contributed by atoms with van der Waals surface area (Å²) in [5, 5.41) is 0. The van der Waals surface area contributed by atoms with E-state index in [0.717, 1.165) is 6.42 Å². The van der Waals surface area contributed by atoms with E-state index in [4.69, 9.17) is 5.73 Å². The van der Waals surface area contributed by atoms with Crippen molar-refractivity contribution in [1.29, 1.82) is 0 Å². The molecule has 1 aromatic carbocycles. The zero-order valence-corrected chi connectivity index (χ0v) is 14.7. The molecule has 1 nitrogen and oxygen atoms in total. The number of hydrogen-bond donors (Lipinski definition) is 1. The third-order valence-electron chi connectivity index (χ3n) is 5.62. The summed E-state index contributed by atoms with van der Waals surface area (Å²) in [5.74, 6) is 0.688. The van der Waals surface area contributed by atoms with Crippen LogP contribution in [-0.2, 0) is 6.42 Å². The monoisotopic (exact) mass is 301 g/mol. The van der Waals surface area contributed by atoms with Gasteiger partial charge in [-0.15, -0.1) is 0 Å². The van der Waals surface area contributed by atoms with E-state index in [1.54, 1.807) is 0 Å². The summed E-state index contributed by atoms with van der Waals surface area (Å²) in [5.41, 5.74) is 9.54. The predicted octanol–water partition coefficient (Wildman–Crippen LogP) is 5.96. The van der Waals surface area contributed by atoms with E-state index in [1.165, 1.54) is 75.3 Å². The van der Waals surface area contributed by atoms with Crippen molar-refractivity contribution in [2.75, 3.05) is 0 Å². The number of unbranched alkanes of at least 4 members (excludes halogenated alkanes) is 5. The van der Waals surface area contributed by atoms with Gasteiger partial charge in [0.05, 0.1) is 0 Å². The Balaban J connectivity index is 1.74. The Labute approximate surface area is 137 Å². The average Bonchev–Trinajstić information content (AvgIpc) is 2.94. The second-order valence-electron chi connectivity index (χ2n) is 7.41. The number of nitrogens with two attached hydrogens (primary N) is 1. The summed E-state index contributed by atoms with van der Waals surface area (Å²) in [6.45, 7) is 4.51. The maximum absolute atomic E-state index is 6.43. The van der Waals surface area contributed by atoms with E-state index < -0.39 is 0 Å². The number of benzene rings is 1. The summed E-state index contributed by atoms with van der Waals surface area (Å²) in [4.78, 5) is 0. The first-order chi connectivity index (χ1) is 10.7. The van der Waals surface area contributed by atoms with Crippen LogP contribution in [0.1, 0.15) is 95.1 Å². The molecule has 1 aliphatic carbocycles. The van der Waals surface area contributed by atoms with Crippen LogP contribution in [0.4, 0.5) is 0 Å². The van der Waals surface area contributed by atoms with Crippen LogP contribution in [0.25, 0.3) is 0 Å². The minimum Gasteiger partial charge on any atom is -0.325 e. The molecule has 0 radical (unpaired) electrons. The van der Waals surface area contributed by atoms with Gasteiger partial charge in [0.1, 0.15) is 0 Å². The van der Waals surface area contributed by atoms with Gasteiger partial charge in [-0.05, 0) is 55.6 Å². The van der Waals surface area contributed by atoms with E-state index in [2.05, 4.69) is 38.1 Å². The molecule has 0 amide bonds. The first-order valence-electron chi connectivity index (χ1n) is 9.54. The van der Waals surface area contributed by atoms with E-state index in [9.17, 15) is 0 Å². The molecule has 22 heavy (non-hydrogen) atoms. The van der Waals surface area contributed by atoms with Gasteiger partial charge in [0, 0.05) is 5.54 Å². The van der Waals surface area contributed by atoms with Crippen molar-refractivity contribution in [3.8, 4) is 0 Å². The maximum atomic E-state index is 6.43. The Morgan fingerprint density at radius 1 is 1.00 bits per heavy atom. The van der Waals surface area contributed by atoms with E-state index in [0.29, 0.717) is 5.92 Å². The van der Waals surface area contributed by atoms with Crippen LogP contribution in [0.15, 0.2) is 24.3 Å². The largest absolute Gasteiger partial charge is 0.325 e. The van der Waals surface area contributed by atoms with Gasteiger partial charge in [-0.25, -0.2) is 0 Å². The summed E-state index contributed by atoms with van der Waals surface area (Å²) in [6, 6.07) is 9.42. The van der Waals surface area contributed by atoms with Crippen LogP contribution in [0.5, 0.6) is 0 Å². The summed E-state index contributed by atoms with van der Waals surface area (Å²) >= 11 is 0. The highest BCUT2D eigenvalue weighted by Gasteiger charge is 2.34. The molecule has 0 aromatic heterocycles. The Kier molecular flexibility index (Phi) is 6.95. The average molecular weight is 302 g/mol. The molecule has 0 heterocycles. The smallest absolute Gasteiger partial charge is 0.0157 e. The Morgan fingerprint density at radius 3 is 2.32 bits per heavy atom. The molecule has 1 aromatic rings. The number of aryl methyl sites for hydroxylation is 1. The van der Waals surface area contributed by atoms with Gasteiger partial charge in [0.2, 0.25) is 0 Å². The number of rotatable bonds is 9. The normalized spacial score (nSPS) is 24.8. The first-order valence-corrected chi connectivity index (χ1v) is 9.54. The molecule has 2 rings (SSSR count). The molecule has 0 saturated heterocycles. The molecule has 0 bridgehead atoms. The zero-order valence-electron chi connectivity index (χ0n) is 14.7. The Bertz CT molecular complexity index is 422. The number of hydrogen-bond acceptors (Lipinski definition) is 1. The third kappa shape index (κ3) is 5.12. The highest BCUT2D eigenvalue weighted by molar-refractivity contribution is 5.27. The molecule has 1 aliphatic rings. The molecular weight excluding hydrogens is 266 g/mol. The second kappa shape index (κ2) is 8.72. The summed E-state index contributed by atoms with van der Waals surface area (Å²) in [6.07, 6.45) is 14.3. The van der Waals surface area contributed by atoms with Crippen molar-refractivity contribution in [2.24, 2.45) is 5.73 Å². The topological polar surface area (TPSA) is 26.0 Å². The van der Waals surface area contributed by atoms with Crippen molar-refractivity contribution in [3.63, 3.8) is 0 Å². The van der Waals surface area contributed by atoms with Gasteiger partial charge in [-0.1, -0.05) is 70.2 Å². The minimum atomic E-state index is 0.0990. The fourth-order valence-corrected chi connectivity index (χ4v) is 3.83. The molecule has 0 spiro atoms. The van der Waals surface area contributed by atoms with Crippen molar-refractivity contribution in [3.05, 3.63) is 35.4 Å². The van der Waals surface area contributed by atoms with Gasteiger partial charge < -0.3 is 5.73 Å². The zero-order chi connectivity index (χ0) is 15.8. The van der Waals surface area contributed by atoms with E-state index in [1.807, 2.05) is 0 Å². The molecule has 2 unspecified atom stereocenters. The summed E-state index contributed by atoms with van der Waals surface area (Å²) < 4.78 is 0. The maximum Gasteiger partial charge on any atom is 0.0157 e. The molecule has 1 saturated carbocycles. The fraction of sp³-hybridized carbons (Fsp3) is 0.714. The van der Waals surface area contributed by atoms with Crippen LogP contribution in [0.3, 0.4) is 0 Å². The van der Waals surface area contributed by atoms with Crippen molar-refractivity contribution in [2.45, 2.75) is 95.9 Å². The second-order valence-corrected chi connectivity index (χ2v) is 7.41. The molecule has 2 N–H and O–H groups in total. The van der Waals surface area contributed by atoms with Gasteiger partial charge in [-0.2, -0.15) is 0 Å². The molecule has 124 valence electrons. The lowest BCUT2D eigenvalue weighted by Gasteiger charge is -2.22. The van der Waals surface area contributed by atoms with Gasteiger partial charge in [-0.3, -0.25) is 0 Å². The molecule has 1 heteroatoms. The van der Waals surface area contributed by atoms with Gasteiger partial charge >= 0.3 is 0 Å². The third-order valence-corrected chi connectivity index (χ3v) is 5.62. The van der Waals surface area contributed by atoms with Crippen LogP contribution >= 0.6 is 0 Å². The van der Waals surface area contributed by atoms with Gasteiger partial charge in [0.15, 0.2) is 0 Å². The Morgan fingerprint density at radius 2 is 1.68 bits per heavy atom. The van der Waals surface area contributed by atoms with Crippen LogP contribution in [-0.4, -0.2) is 5.54 Å². The lowest BCUT2D eigenvalue weighted by molar-refractivity contribution is 0.418. The van der Waals surface area contributed by atoms with Crippen LogP contribution < -0.4 is 5.73 Å². The highest BCUT2D eigenvalue weighted by atomic mass is 14.8. The highest BCUT2D eigenvalue weighted by Crippen LogP contribution is 2.41. The van der Waals surface area contributed by atoms with Crippen molar-refractivity contribution < 1.29 is 0 Å². The molecule has 1 fully saturated rings. The predicted molar refractivity (Wildman–Crippen MR) is 97.3 cm³/mol. The molecule has 2 atom stereocenters. The SMILES string of the molecule is CCCCCCCCc1ccc(C2CCC(N)(CC)C2)cc1. The van der Waals surface area contributed by atoms with Crippen LogP contribution in [0.2, 0.25) is 0 Å². The lowest BCUT2D eigenvalue weighted by Crippen LogP contribution is -2.35. The summed E-state index contributed by atoms with van der Waals surface area (Å²) in [7, 11) is 0. The van der Waals surface area contributed by atoms with E-state index >= 15 is 0 Å². The quantitative estimate of drug-likeness (QED) is 0.559. The van der Waals surface area contributed by atoms with E-state index in [-0.39, 0.29) is 5.54 Å². The standard InChI is InChI=1S/C21H35N/c1-3-5-6-7-8-9-10-18-11-13-19(14-12-18)20-15-16-21(22,4-2)17-20/h11-14,20H,3-10,15-17,22H2,1-2H3. The first kappa shape index (κ1) is 17.5. The Hall–Kier alpha value is -0.820. The minimum absolute atomic E-state index is 0.0990. The van der Waals surface area contributed by atoms with Crippen molar-refractivity contribution in [1.82, 2.24) is 0 Å². The molecule has 0 aliphatic heterocycles. The van der Waals surface area contributed by atoms with Crippen LogP contribution in [0, 0.1) is 0 Å². The molecular formula is C21H35N.